The third kappa shape index (κ3) is 6.26. The van der Waals surface area contributed by atoms with E-state index in [9.17, 15) is 32.3 Å². The number of aryl methyl sites for hydroxylation is 1. The Kier molecular flexibility index (Phi) is 8.09. The molecule has 4 aromatic heterocycles. The van der Waals surface area contributed by atoms with E-state index in [1.807, 2.05) is 0 Å². The molecule has 2 aliphatic rings. The van der Waals surface area contributed by atoms with Crippen molar-refractivity contribution >= 4 is 11.6 Å². The number of halogens is 6. The van der Waals surface area contributed by atoms with Crippen LogP contribution >= 0.6 is 0 Å². The normalized spacial score (nSPS) is 17.9. The summed E-state index contributed by atoms with van der Waals surface area (Å²) in [6, 6.07) is 7.87. The third-order valence-electron chi connectivity index (χ3n) is 9.02. The van der Waals surface area contributed by atoms with Gasteiger partial charge >= 0.3 is 5.69 Å². The van der Waals surface area contributed by atoms with Crippen LogP contribution in [0.4, 0.5) is 26.3 Å². The molecular formula is C35H29F6N7O3. The molecule has 3 unspecified atom stereocenters. The summed E-state index contributed by atoms with van der Waals surface area (Å²) < 4.78 is 89.1. The summed E-state index contributed by atoms with van der Waals surface area (Å²) in [4.78, 5) is 31.0. The molecule has 51 heavy (non-hydrogen) atoms. The summed E-state index contributed by atoms with van der Waals surface area (Å²) in [5, 5.41) is 23.0. The fraction of sp³-hybridized carbons (Fsp3) is 0.343. The maximum absolute atomic E-state index is 15.3. The number of hydrogen-bond donors (Lipinski definition) is 3. The largest absolute Gasteiger partial charge is 0.378 e. The van der Waals surface area contributed by atoms with Gasteiger partial charge in [0.1, 0.15) is 40.9 Å². The van der Waals surface area contributed by atoms with Gasteiger partial charge < -0.3 is 10.4 Å². The number of aliphatic hydroxyl groups is 1. The number of rotatable bonds is 8. The van der Waals surface area contributed by atoms with Gasteiger partial charge in [0.25, 0.3) is 12.3 Å². The Morgan fingerprint density at radius 2 is 1.82 bits per heavy atom. The Morgan fingerprint density at radius 1 is 1.12 bits per heavy atom. The lowest BCUT2D eigenvalue weighted by molar-refractivity contribution is -0.123. The van der Waals surface area contributed by atoms with Crippen LogP contribution in [-0.4, -0.2) is 46.0 Å². The minimum atomic E-state index is -3.47. The number of pyridine rings is 2. The molecule has 4 heterocycles. The van der Waals surface area contributed by atoms with E-state index in [2.05, 4.69) is 37.4 Å². The first-order valence-corrected chi connectivity index (χ1v) is 15.9. The molecule has 1 fully saturated rings. The van der Waals surface area contributed by atoms with E-state index < -0.39 is 77.0 Å². The number of fused-ring (bicyclic) bond motifs is 4. The van der Waals surface area contributed by atoms with Gasteiger partial charge in [0.2, 0.25) is 5.91 Å². The lowest BCUT2D eigenvalue weighted by Gasteiger charge is -2.23. The molecule has 1 amide bonds. The van der Waals surface area contributed by atoms with Crippen molar-refractivity contribution in [1.82, 2.24) is 34.7 Å². The Labute approximate surface area is 285 Å². The summed E-state index contributed by atoms with van der Waals surface area (Å²) >= 11 is 0. The van der Waals surface area contributed by atoms with Crippen molar-refractivity contribution < 1.29 is 36.2 Å². The van der Waals surface area contributed by atoms with E-state index >= 15 is 8.78 Å². The van der Waals surface area contributed by atoms with Crippen LogP contribution in [-0.2, 0) is 23.7 Å². The number of benzene rings is 1. The summed E-state index contributed by atoms with van der Waals surface area (Å²) in [7, 11) is 0. The molecule has 0 radical (unpaired) electrons. The third-order valence-corrected chi connectivity index (χ3v) is 9.02. The number of nitrogens with one attached hydrogen (secondary N) is 2. The van der Waals surface area contributed by atoms with Crippen LogP contribution in [0.2, 0.25) is 0 Å². The van der Waals surface area contributed by atoms with Crippen LogP contribution in [0.15, 0.2) is 47.3 Å². The Hall–Kier alpha value is -5.43. The summed E-state index contributed by atoms with van der Waals surface area (Å²) in [5.74, 6) is -2.71. The summed E-state index contributed by atoms with van der Waals surface area (Å²) in [5.41, 5.74) is -1.86. The van der Waals surface area contributed by atoms with E-state index in [4.69, 9.17) is 0 Å². The van der Waals surface area contributed by atoms with E-state index in [0.29, 0.717) is 33.2 Å². The maximum atomic E-state index is 15.3. The van der Waals surface area contributed by atoms with Crippen LogP contribution in [0.1, 0.15) is 78.3 Å². The number of aromatic amines is 1. The highest BCUT2D eigenvalue weighted by atomic mass is 19.3. The van der Waals surface area contributed by atoms with E-state index in [0.717, 1.165) is 12.1 Å². The molecule has 7 rings (SSSR count). The Morgan fingerprint density at radius 3 is 2.51 bits per heavy atom. The van der Waals surface area contributed by atoms with Crippen LogP contribution in [0, 0.1) is 36.3 Å². The zero-order valence-corrected chi connectivity index (χ0v) is 27.2. The van der Waals surface area contributed by atoms with Gasteiger partial charge in [0.05, 0.1) is 11.7 Å². The second kappa shape index (κ2) is 12.1. The molecule has 3 atom stereocenters. The maximum Gasteiger partial charge on any atom is 0.347 e. The molecule has 2 aliphatic carbocycles. The lowest BCUT2D eigenvalue weighted by atomic mass is 9.94. The molecular weight excluding hydrogens is 680 g/mol. The second-order valence-corrected chi connectivity index (χ2v) is 13.3. The highest BCUT2D eigenvalue weighted by molar-refractivity contribution is 5.78. The highest BCUT2D eigenvalue weighted by Gasteiger charge is 2.67. The van der Waals surface area contributed by atoms with E-state index in [1.165, 1.54) is 24.3 Å². The van der Waals surface area contributed by atoms with Crippen molar-refractivity contribution in [1.29, 1.82) is 0 Å². The number of carbonyl (C=O) groups excluding carboxylic acids is 1. The van der Waals surface area contributed by atoms with Gasteiger partial charge in [-0.05, 0) is 87.4 Å². The minimum Gasteiger partial charge on any atom is -0.378 e. The number of alkyl halides is 4. The Bertz CT molecular complexity index is 2330. The fourth-order valence-electron chi connectivity index (χ4n) is 6.82. The van der Waals surface area contributed by atoms with Crippen LogP contribution in [0.5, 0.6) is 0 Å². The summed E-state index contributed by atoms with van der Waals surface area (Å²) in [6.07, 6.45) is -3.38. The quantitative estimate of drug-likeness (QED) is 0.149. The lowest BCUT2D eigenvalue weighted by Crippen LogP contribution is -2.35. The Balaban J connectivity index is 1.35. The zero-order chi connectivity index (χ0) is 36.6. The SMILES string of the molecule is Cc1c(-c2ccc(C#CC(C)(C)O)nc2C(Cc2cc(F)cc(F)c2)NC(=O)Cn2nc(C(F)F)c3c2C(F)(F)C2CC32)ccc2n[nH]c(=O)n12. The number of amides is 1. The first-order valence-electron chi connectivity index (χ1n) is 15.9. The van der Waals surface area contributed by atoms with Gasteiger partial charge in [0, 0.05) is 34.4 Å². The van der Waals surface area contributed by atoms with E-state index in [1.54, 1.807) is 25.1 Å². The molecule has 0 spiro atoms. The van der Waals surface area contributed by atoms with E-state index in [-0.39, 0.29) is 35.4 Å². The molecule has 0 bridgehead atoms. The van der Waals surface area contributed by atoms with Crippen LogP contribution in [0.25, 0.3) is 16.8 Å². The van der Waals surface area contributed by atoms with Gasteiger partial charge in [-0.25, -0.2) is 36.8 Å². The predicted octanol–water partition coefficient (Wildman–Crippen LogP) is 5.24. The van der Waals surface area contributed by atoms with Gasteiger partial charge in [-0.15, -0.1) is 0 Å². The number of hydrogen-bond acceptors (Lipinski definition) is 6. The van der Waals surface area contributed by atoms with Crippen LogP contribution in [0.3, 0.4) is 0 Å². The topological polar surface area (TPSA) is 130 Å². The van der Waals surface area contributed by atoms with Crippen molar-refractivity contribution in [3.63, 3.8) is 0 Å². The standard InChI is InChI=1S/C35H29F6N7O3/c1-16-21(6-7-26-44-45-33(50)48(16)26)22-5-4-20(8-9-34(2,3)51)42-29(22)25(12-17-10-18(36)13-19(37)11-17)43-27(49)15-47-31-28(30(46-47)32(38)39)23-14-24(23)35(31,40)41/h4-7,10-11,13,23-25,32,51H,12,14-15H2,1-3H3,(H,43,49)(H,45,50). The number of nitrogens with zero attached hydrogens (tertiary/aromatic N) is 5. The van der Waals surface area contributed by atoms with Crippen molar-refractivity contribution in [2.75, 3.05) is 0 Å². The molecule has 3 N–H and O–H groups in total. The zero-order valence-electron chi connectivity index (χ0n) is 27.2. The van der Waals surface area contributed by atoms with Crippen molar-refractivity contribution in [2.45, 2.75) is 70.1 Å². The molecule has 5 aromatic rings. The fourth-order valence-corrected chi connectivity index (χ4v) is 6.82. The van der Waals surface area contributed by atoms with Crippen molar-refractivity contribution in [2.24, 2.45) is 5.92 Å². The first-order chi connectivity index (χ1) is 24.0. The molecule has 10 nitrogen and oxygen atoms in total. The van der Waals surface area contributed by atoms with Crippen molar-refractivity contribution in [3.8, 4) is 23.0 Å². The summed E-state index contributed by atoms with van der Waals surface area (Å²) in [6.45, 7) is 3.68. The average Bonchev–Trinajstić information content (AvgIpc) is 3.54. The molecule has 0 aliphatic heterocycles. The van der Waals surface area contributed by atoms with Gasteiger partial charge in [-0.2, -0.15) is 19.0 Å². The first kappa shape index (κ1) is 34.0. The molecule has 1 aromatic carbocycles. The average molecular weight is 710 g/mol. The van der Waals surface area contributed by atoms with Gasteiger partial charge in [-0.3, -0.25) is 9.48 Å². The smallest absolute Gasteiger partial charge is 0.347 e. The van der Waals surface area contributed by atoms with Gasteiger partial charge in [0.15, 0.2) is 5.65 Å². The second-order valence-electron chi connectivity index (χ2n) is 13.3. The monoisotopic (exact) mass is 709 g/mol. The van der Waals surface area contributed by atoms with Crippen LogP contribution < -0.4 is 11.0 Å². The van der Waals surface area contributed by atoms with Crippen molar-refractivity contribution in [3.05, 3.63) is 104 Å². The molecule has 1 saturated carbocycles. The number of carbonyl (C=O) groups is 1. The molecule has 0 saturated heterocycles. The number of H-pyrrole nitrogens is 1. The molecule has 16 heteroatoms. The predicted molar refractivity (Wildman–Crippen MR) is 170 cm³/mol. The minimum absolute atomic E-state index is 0.0428. The molecule has 264 valence electrons. The number of aromatic nitrogens is 6. The highest BCUT2D eigenvalue weighted by Crippen LogP contribution is 2.68. The van der Waals surface area contributed by atoms with Gasteiger partial charge in [-0.1, -0.05) is 5.92 Å².